The molecule has 0 radical (unpaired) electrons. The molecule has 0 aromatic carbocycles. The minimum atomic E-state index is -0.508. The van der Waals surface area contributed by atoms with E-state index in [0.717, 1.165) is 148 Å². The molecule has 5 rings (SSSR count). The van der Waals surface area contributed by atoms with Crippen LogP contribution in [0.4, 0.5) is 0 Å². The fourth-order valence-electron chi connectivity index (χ4n) is 13.7. The molecule has 0 aromatic heterocycles. The van der Waals surface area contributed by atoms with Gasteiger partial charge < -0.3 is 34.4 Å². The molecule has 0 heterocycles. The number of rotatable bonds is 32. The van der Waals surface area contributed by atoms with Crippen LogP contribution in [-0.4, -0.2) is 103 Å². The number of Topliss-reactive ketones (excluding diaryl/α,β-unsaturated/α-hetero) is 2. The van der Waals surface area contributed by atoms with E-state index in [4.69, 9.17) is 19.3 Å². The van der Waals surface area contributed by atoms with Crippen LogP contribution in [0.5, 0.6) is 0 Å². The minimum Gasteiger partial charge on any atom is -0.469 e. The van der Waals surface area contributed by atoms with Crippen LogP contribution in [0.3, 0.4) is 0 Å². The summed E-state index contributed by atoms with van der Waals surface area (Å²) in [5, 5.41) is 28.4. The average Bonchev–Trinajstić information content (AvgIpc) is 4.32. The monoisotopic (exact) mass is 1180 g/mol. The third-order valence-electron chi connectivity index (χ3n) is 19.2. The van der Waals surface area contributed by atoms with Crippen LogP contribution >= 0.6 is 0 Å². The van der Waals surface area contributed by atoms with Crippen LogP contribution in [0, 0.1) is 47.3 Å². The summed E-state index contributed by atoms with van der Waals surface area (Å²) in [5.74, 6) is 3.42. The van der Waals surface area contributed by atoms with Crippen LogP contribution in [0.15, 0.2) is 46.6 Å². The van der Waals surface area contributed by atoms with E-state index in [-0.39, 0.29) is 42.5 Å². The summed E-state index contributed by atoms with van der Waals surface area (Å²) in [4.78, 5) is 49.0. The summed E-state index contributed by atoms with van der Waals surface area (Å²) in [6.45, 7) is 25.4. The first-order valence-corrected chi connectivity index (χ1v) is 34.3. The van der Waals surface area contributed by atoms with E-state index >= 15 is 0 Å². The van der Waals surface area contributed by atoms with Crippen molar-refractivity contribution in [2.24, 2.45) is 47.3 Å². The Hall–Kier alpha value is -2.96. The number of carbonyl (C=O) groups is 4. The third kappa shape index (κ3) is 31.8. The molecule has 5 fully saturated rings. The van der Waals surface area contributed by atoms with Gasteiger partial charge in [-0.25, -0.2) is 0 Å². The highest BCUT2D eigenvalue weighted by molar-refractivity contribution is 5.85. The molecular formula is C73H131NO10. The molecular weight excluding hydrogens is 1050 g/mol. The molecule has 5 aliphatic rings. The first-order chi connectivity index (χ1) is 40.2. The van der Waals surface area contributed by atoms with Crippen LogP contribution in [0.1, 0.15) is 288 Å². The number of amides is 1. The highest BCUT2D eigenvalue weighted by atomic mass is 16.7. The summed E-state index contributed by atoms with van der Waals surface area (Å²) < 4.78 is 16.1. The van der Waals surface area contributed by atoms with Crippen LogP contribution in [0.25, 0.3) is 0 Å². The van der Waals surface area contributed by atoms with Crippen molar-refractivity contribution < 1.29 is 48.7 Å². The fraction of sp³-hybridized carbons (Fsp3) is 0.836. The molecule has 0 spiro atoms. The molecule has 11 nitrogen and oxygen atoms in total. The van der Waals surface area contributed by atoms with Gasteiger partial charge in [0.05, 0.1) is 19.3 Å². The molecule has 84 heavy (non-hydrogen) atoms. The van der Waals surface area contributed by atoms with Crippen molar-refractivity contribution in [1.82, 2.24) is 4.90 Å². The Morgan fingerprint density at radius 1 is 0.571 bits per heavy atom. The molecule has 3 N–H and O–H groups in total. The lowest BCUT2D eigenvalue weighted by Gasteiger charge is -2.35. The Balaban J connectivity index is 0.000000527. The Morgan fingerprint density at radius 3 is 1.65 bits per heavy atom. The van der Waals surface area contributed by atoms with Crippen molar-refractivity contribution in [3.8, 4) is 0 Å². The zero-order valence-corrected chi connectivity index (χ0v) is 56.7. The van der Waals surface area contributed by atoms with Crippen molar-refractivity contribution in [3.63, 3.8) is 0 Å². The summed E-state index contributed by atoms with van der Waals surface area (Å²) in [6.07, 6.45) is 43.5. The zero-order valence-electron chi connectivity index (χ0n) is 56.7. The summed E-state index contributed by atoms with van der Waals surface area (Å²) in [5.41, 5.74) is 5.69. The topological polar surface area (TPSA) is 160 Å². The molecule has 5 aliphatic carbocycles. The standard InChI is InChI=1S/C16H29NO2.C15H28O4.C15H26O.C15H24O.C12H24O2/c1-4-7-8-9-14-13(10-11-15(14)18)12-16(19)17(5-2)6-3;1-5-6-7-8-13-12(11-14(16)17-2)9-10-15(13,18-3)19-4;2*1-12(2)6-4-7-13(3)10-11-14-8-5-9-15(14)16;1-2-3-4-5-11-10(8-9-13)6-7-12(11)14/h13-14H,4-12H2,1-3H3;12-13H,5-11H2,1-4H3;6,10,14-16H,4-5,7-9,11H2,1-3H3;6,10,14H,4-5,7-9,11H2,1-3H3;10-14H,2-9H2,1H3/b;;2*13-10+;. The van der Waals surface area contributed by atoms with Gasteiger partial charge in [-0.2, -0.15) is 0 Å². The van der Waals surface area contributed by atoms with E-state index in [9.17, 15) is 29.4 Å². The molecule has 5 saturated carbocycles. The average molecular weight is 1180 g/mol. The van der Waals surface area contributed by atoms with Crippen molar-refractivity contribution >= 4 is 23.4 Å². The molecule has 11 heteroatoms. The number of aliphatic hydroxyl groups excluding tert-OH is 3. The van der Waals surface area contributed by atoms with E-state index in [1.165, 1.54) is 87.2 Å². The number of carbonyl (C=O) groups excluding carboxylic acids is 4. The normalized spacial score (nSPS) is 25.3. The van der Waals surface area contributed by atoms with Gasteiger partial charge in [0.1, 0.15) is 11.6 Å². The van der Waals surface area contributed by atoms with Gasteiger partial charge in [0, 0.05) is 83.8 Å². The molecule has 0 aromatic rings. The predicted octanol–water partition coefficient (Wildman–Crippen LogP) is 17.6. The van der Waals surface area contributed by atoms with Crippen molar-refractivity contribution in [3.05, 3.63) is 46.6 Å². The number of ether oxygens (including phenoxy) is 3. The Bertz CT molecular complexity index is 1890. The highest BCUT2D eigenvalue weighted by Gasteiger charge is 2.49. The second-order valence-corrected chi connectivity index (χ2v) is 26.1. The lowest BCUT2D eigenvalue weighted by Crippen LogP contribution is -2.40. The van der Waals surface area contributed by atoms with Gasteiger partial charge in [0.15, 0.2) is 5.79 Å². The number of ketones is 2. The Labute approximate surface area is 515 Å². The number of methoxy groups -OCH3 is 3. The molecule has 0 aliphatic heterocycles. The summed E-state index contributed by atoms with van der Waals surface area (Å²) in [7, 11) is 4.86. The minimum absolute atomic E-state index is 0.0400. The molecule has 0 saturated heterocycles. The Kier molecular flexibility index (Phi) is 44.3. The van der Waals surface area contributed by atoms with E-state index < -0.39 is 5.79 Å². The van der Waals surface area contributed by atoms with Gasteiger partial charge in [-0.1, -0.05) is 132 Å². The molecule has 10 unspecified atom stereocenters. The zero-order chi connectivity index (χ0) is 62.9. The third-order valence-corrected chi connectivity index (χ3v) is 19.2. The lowest BCUT2D eigenvalue weighted by atomic mass is 9.85. The maximum Gasteiger partial charge on any atom is 0.305 e. The van der Waals surface area contributed by atoms with Gasteiger partial charge >= 0.3 is 5.97 Å². The van der Waals surface area contributed by atoms with Gasteiger partial charge in [0.25, 0.3) is 0 Å². The number of hydrogen-bond acceptors (Lipinski definition) is 10. The smallest absolute Gasteiger partial charge is 0.305 e. The van der Waals surface area contributed by atoms with Gasteiger partial charge in [0.2, 0.25) is 5.91 Å². The SMILES string of the molecule is CC(C)=CCC/C(C)=C/CC1CCCC1=O.CC(C)=CCC/C(C)=C/CC1CCCC1O.CCCCCC1C(=O)CCC1CC(=O)N(CC)CC.CCCCCC1C(CC(=O)OC)CCC1(OC)OC.CCCCCC1C(O)CCC1CCO. The highest BCUT2D eigenvalue weighted by Crippen LogP contribution is 2.47. The maximum absolute atomic E-state index is 12.2. The first kappa shape index (κ1) is 79.1. The van der Waals surface area contributed by atoms with E-state index in [0.29, 0.717) is 66.3 Å². The van der Waals surface area contributed by atoms with Gasteiger partial charge in [-0.3, -0.25) is 19.2 Å². The number of esters is 1. The number of allylic oxidation sites excluding steroid dienone is 8. The number of nitrogens with zero attached hydrogens (tertiary/aromatic N) is 1. The first-order valence-electron chi connectivity index (χ1n) is 34.3. The number of aliphatic hydroxyl groups is 3. The molecule has 488 valence electrons. The predicted molar refractivity (Wildman–Crippen MR) is 349 cm³/mol. The molecule has 1 amide bonds. The lowest BCUT2D eigenvalue weighted by molar-refractivity contribution is -0.233. The number of hydrogen-bond donors (Lipinski definition) is 3. The second kappa shape index (κ2) is 47.1. The fourth-order valence-corrected chi connectivity index (χ4v) is 13.7. The van der Waals surface area contributed by atoms with E-state index in [1.54, 1.807) is 14.2 Å². The second-order valence-electron chi connectivity index (χ2n) is 26.1. The number of unbranched alkanes of at least 4 members (excludes halogenated alkanes) is 6. The van der Waals surface area contributed by atoms with Crippen molar-refractivity contribution in [2.45, 2.75) is 306 Å². The largest absolute Gasteiger partial charge is 0.469 e. The quantitative estimate of drug-likeness (QED) is 0.0256. The van der Waals surface area contributed by atoms with Gasteiger partial charge in [-0.05, 0) is 201 Å². The van der Waals surface area contributed by atoms with Crippen LogP contribution < -0.4 is 0 Å². The van der Waals surface area contributed by atoms with Crippen LogP contribution in [0.2, 0.25) is 0 Å². The molecule has 0 bridgehead atoms. The van der Waals surface area contributed by atoms with E-state index in [1.807, 2.05) is 18.7 Å². The maximum atomic E-state index is 12.2. The summed E-state index contributed by atoms with van der Waals surface area (Å²) in [6, 6.07) is 0. The van der Waals surface area contributed by atoms with Gasteiger partial charge in [-0.15, -0.1) is 0 Å². The molecule has 10 atom stereocenters. The summed E-state index contributed by atoms with van der Waals surface area (Å²) >= 11 is 0. The van der Waals surface area contributed by atoms with E-state index in [2.05, 4.69) is 86.6 Å². The van der Waals surface area contributed by atoms with Crippen molar-refractivity contribution in [1.29, 1.82) is 0 Å². The Morgan fingerprint density at radius 2 is 1.15 bits per heavy atom. The van der Waals surface area contributed by atoms with Crippen molar-refractivity contribution in [2.75, 3.05) is 41.0 Å². The van der Waals surface area contributed by atoms with Crippen LogP contribution in [-0.2, 0) is 33.4 Å².